The van der Waals surface area contributed by atoms with Gasteiger partial charge in [0.2, 0.25) is 0 Å². The Labute approximate surface area is 121 Å². The lowest BCUT2D eigenvalue weighted by atomic mass is 10.0. The zero-order valence-electron chi connectivity index (χ0n) is 12.3. The fourth-order valence-corrected chi connectivity index (χ4v) is 2.84. The van der Waals surface area contributed by atoms with Gasteiger partial charge in [0.25, 0.3) is 0 Å². The van der Waals surface area contributed by atoms with E-state index in [0.717, 1.165) is 32.5 Å². The Morgan fingerprint density at radius 1 is 1.45 bits per heavy atom. The number of carbonyl (C=O) groups is 1. The molecular formula is C16H24N2O2. The van der Waals surface area contributed by atoms with Crippen molar-refractivity contribution in [1.29, 1.82) is 0 Å². The molecule has 1 aliphatic heterocycles. The van der Waals surface area contributed by atoms with Gasteiger partial charge in [0.1, 0.15) is 6.04 Å². The standard InChI is InChI=1S/C16H24N2O2/c1-13(16(19)20)17(2)15-9-6-10-18(12-15)11-14-7-4-3-5-8-14/h3-5,7-8,13,15H,6,9-12H2,1-2H3,(H,19,20). The maximum Gasteiger partial charge on any atom is 0.320 e. The fraction of sp³-hybridized carbons (Fsp3) is 0.562. The first-order valence-corrected chi connectivity index (χ1v) is 7.29. The smallest absolute Gasteiger partial charge is 0.320 e. The molecule has 0 radical (unpaired) electrons. The van der Waals surface area contributed by atoms with Crippen molar-refractivity contribution in [3.05, 3.63) is 35.9 Å². The second-order valence-electron chi connectivity index (χ2n) is 5.70. The lowest BCUT2D eigenvalue weighted by molar-refractivity contribution is -0.143. The number of likely N-dealkylation sites (N-methyl/N-ethyl adjacent to an activating group) is 1. The number of aliphatic carboxylic acids is 1. The summed E-state index contributed by atoms with van der Waals surface area (Å²) in [5, 5.41) is 9.13. The molecule has 0 aromatic heterocycles. The molecule has 1 heterocycles. The summed E-state index contributed by atoms with van der Waals surface area (Å²) in [6.07, 6.45) is 2.22. The van der Waals surface area contributed by atoms with Crippen molar-refractivity contribution in [1.82, 2.24) is 9.80 Å². The van der Waals surface area contributed by atoms with Crippen LogP contribution in [0.15, 0.2) is 30.3 Å². The van der Waals surface area contributed by atoms with E-state index in [-0.39, 0.29) is 0 Å². The number of nitrogens with zero attached hydrogens (tertiary/aromatic N) is 2. The first-order valence-electron chi connectivity index (χ1n) is 7.29. The van der Waals surface area contributed by atoms with Crippen molar-refractivity contribution >= 4 is 5.97 Å². The van der Waals surface area contributed by atoms with Crippen LogP contribution in [0.25, 0.3) is 0 Å². The number of hydrogen-bond acceptors (Lipinski definition) is 3. The van der Waals surface area contributed by atoms with Crippen molar-refractivity contribution in [2.24, 2.45) is 0 Å². The van der Waals surface area contributed by atoms with Crippen molar-refractivity contribution in [3.63, 3.8) is 0 Å². The van der Waals surface area contributed by atoms with Crippen LogP contribution >= 0.6 is 0 Å². The topological polar surface area (TPSA) is 43.8 Å². The predicted octanol–water partition coefficient (Wildman–Crippen LogP) is 2.06. The number of carboxylic acid groups (broad SMARTS) is 1. The van der Waals surface area contributed by atoms with Crippen molar-refractivity contribution in [2.75, 3.05) is 20.1 Å². The number of benzene rings is 1. The van der Waals surface area contributed by atoms with Gasteiger partial charge in [0.05, 0.1) is 0 Å². The van der Waals surface area contributed by atoms with Crippen LogP contribution in [0.2, 0.25) is 0 Å². The van der Waals surface area contributed by atoms with Crippen molar-refractivity contribution < 1.29 is 9.90 Å². The summed E-state index contributed by atoms with van der Waals surface area (Å²) in [5.41, 5.74) is 1.32. The highest BCUT2D eigenvalue weighted by atomic mass is 16.4. The third-order valence-corrected chi connectivity index (χ3v) is 4.27. The van der Waals surface area contributed by atoms with Crippen molar-refractivity contribution in [2.45, 2.75) is 38.4 Å². The third kappa shape index (κ3) is 3.81. The van der Waals surface area contributed by atoms with Gasteiger partial charge in [-0.25, -0.2) is 0 Å². The summed E-state index contributed by atoms with van der Waals surface area (Å²) in [5.74, 6) is -0.743. The van der Waals surface area contributed by atoms with Crippen LogP contribution in [0.3, 0.4) is 0 Å². The SMILES string of the molecule is CC(C(=O)O)N(C)C1CCCN(Cc2ccccc2)C1. The molecule has 20 heavy (non-hydrogen) atoms. The molecule has 1 saturated heterocycles. The van der Waals surface area contributed by atoms with E-state index in [1.165, 1.54) is 5.56 Å². The molecule has 1 aromatic carbocycles. The highest BCUT2D eigenvalue weighted by molar-refractivity contribution is 5.72. The van der Waals surface area contributed by atoms with Crippen LogP contribution in [0.5, 0.6) is 0 Å². The van der Waals surface area contributed by atoms with E-state index < -0.39 is 12.0 Å². The van der Waals surface area contributed by atoms with E-state index in [1.807, 2.05) is 18.0 Å². The number of carboxylic acids is 1. The molecule has 2 atom stereocenters. The van der Waals surface area contributed by atoms with Gasteiger partial charge in [0, 0.05) is 19.1 Å². The zero-order chi connectivity index (χ0) is 14.5. The Morgan fingerprint density at radius 3 is 2.80 bits per heavy atom. The fourth-order valence-electron chi connectivity index (χ4n) is 2.84. The Hall–Kier alpha value is -1.39. The Bertz CT molecular complexity index is 435. The van der Waals surface area contributed by atoms with E-state index in [9.17, 15) is 4.79 Å². The summed E-state index contributed by atoms with van der Waals surface area (Å²) in [4.78, 5) is 15.5. The monoisotopic (exact) mass is 276 g/mol. The van der Waals surface area contributed by atoms with Gasteiger partial charge in [0.15, 0.2) is 0 Å². The van der Waals surface area contributed by atoms with Crippen LogP contribution in [0, 0.1) is 0 Å². The molecule has 0 aliphatic carbocycles. The Kier molecular flexibility index (Phi) is 5.15. The van der Waals surface area contributed by atoms with E-state index in [2.05, 4.69) is 29.2 Å². The number of piperidine rings is 1. The van der Waals surface area contributed by atoms with Gasteiger partial charge in [-0.05, 0) is 38.9 Å². The molecule has 1 aliphatic rings. The number of rotatable bonds is 5. The first kappa shape index (κ1) is 15.0. The Morgan fingerprint density at radius 2 is 2.15 bits per heavy atom. The Balaban J connectivity index is 1.93. The van der Waals surface area contributed by atoms with Gasteiger partial charge in [-0.1, -0.05) is 30.3 Å². The first-order chi connectivity index (χ1) is 9.58. The van der Waals surface area contributed by atoms with Gasteiger partial charge >= 0.3 is 5.97 Å². The maximum atomic E-state index is 11.1. The quantitative estimate of drug-likeness (QED) is 0.894. The lowest BCUT2D eigenvalue weighted by Gasteiger charge is -2.39. The summed E-state index contributed by atoms with van der Waals surface area (Å²) in [6.45, 7) is 4.76. The van der Waals surface area contributed by atoms with Crippen LogP contribution in [-0.4, -0.2) is 53.1 Å². The predicted molar refractivity (Wildman–Crippen MR) is 79.6 cm³/mol. The zero-order valence-corrected chi connectivity index (χ0v) is 12.3. The number of likely N-dealkylation sites (tertiary alicyclic amines) is 1. The van der Waals surface area contributed by atoms with Crippen LogP contribution < -0.4 is 0 Å². The molecule has 1 aromatic rings. The summed E-state index contributed by atoms with van der Waals surface area (Å²) in [7, 11) is 1.93. The molecule has 0 amide bonds. The average molecular weight is 276 g/mol. The van der Waals surface area contributed by atoms with E-state index in [4.69, 9.17) is 5.11 Å². The molecule has 0 saturated carbocycles. The van der Waals surface area contributed by atoms with E-state index in [0.29, 0.717) is 6.04 Å². The summed E-state index contributed by atoms with van der Waals surface area (Å²) < 4.78 is 0. The maximum absolute atomic E-state index is 11.1. The summed E-state index contributed by atoms with van der Waals surface area (Å²) in [6, 6.07) is 10.4. The third-order valence-electron chi connectivity index (χ3n) is 4.27. The minimum Gasteiger partial charge on any atom is -0.480 e. The molecular weight excluding hydrogens is 252 g/mol. The molecule has 2 unspecified atom stereocenters. The van der Waals surface area contributed by atoms with Gasteiger partial charge in [-0.3, -0.25) is 14.6 Å². The van der Waals surface area contributed by atoms with Crippen LogP contribution in [0.4, 0.5) is 0 Å². The largest absolute Gasteiger partial charge is 0.480 e. The van der Waals surface area contributed by atoms with Crippen LogP contribution in [0.1, 0.15) is 25.3 Å². The molecule has 1 N–H and O–H groups in total. The molecule has 0 spiro atoms. The van der Waals surface area contributed by atoms with Gasteiger partial charge < -0.3 is 5.11 Å². The second kappa shape index (κ2) is 6.86. The highest BCUT2D eigenvalue weighted by Gasteiger charge is 2.28. The van der Waals surface area contributed by atoms with Gasteiger partial charge in [-0.2, -0.15) is 0 Å². The minimum atomic E-state index is -0.743. The molecule has 0 bridgehead atoms. The number of hydrogen-bond donors (Lipinski definition) is 1. The molecule has 4 nitrogen and oxygen atoms in total. The van der Waals surface area contributed by atoms with Crippen molar-refractivity contribution in [3.8, 4) is 0 Å². The molecule has 110 valence electrons. The minimum absolute atomic E-state index is 0.332. The van der Waals surface area contributed by atoms with Crippen LogP contribution in [-0.2, 0) is 11.3 Å². The average Bonchev–Trinajstić information content (AvgIpc) is 2.47. The molecule has 2 rings (SSSR count). The second-order valence-corrected chi connectivity index (χ2v) is 5.70. The molecule has 4 heteroatoms. The normalized spacial score (nSPS) is 21.9. The van der Waals surface area contributed by atoms with E-state index >= 15 is 0 Å². The summed E-state index contributed by atoms with van der Waals surface area (Å²) >= 11 is 0. The highest BCUT2D eigenvalue weighted by Crippen LogP contribution is 2.18. The molecule has 1 fully saturated rings. The van der Waals surface area contributed by atoms with Gasteiger partial charge in [-0.15, -0.1) is 0 Å². The van der Waals surface area contributed by atoms with E-state index in [1.54, 1.807) is 6.92 Å². The lowest BCUT2D eigenvalue weighted by Crippen LogP contribution is -2.50.